The zero-order valence-electron chi connectivity index (χ0n) is 11.4. The molecule has 6 nitrogen and oxygen atoms in total. The van der Waals surface area contributed by atoms with E-state index in [-0.39, 0.29) is 11.6 Å². The molecule has 1 aromatic carbocycles. The molecule has 0 aliphatic carbocycles. The van der Waals surface area contributed by atoms with E-state index in [1.165, 1.54) is 6.07 Å². The third-order valence-corrected chi connectivity index (χ3v) is 3.97. The van der Waals surface area contributed by atoms with Gasteiger partial charge >= 0.3 is 6.03 Å². The van der Waals surface area contributed by atoms with Crippen molar-refractivity contribution in [1.82, 2.24) is 10.3 Å². The van der Waals surface area contributed by atoms with E-state index in [4.69, 9.17) is 23.2 Å². The molecule has 0 saturated heterocycles. The van der Waals surface area contributed by atoms with E-state index in [1.807, 2.05) is 6.92 Å². The molecule has 0 atom stereocenters. The molecule has 9 heteroatoms. The van der Waals surface area contributed by atoms with E-state index in [2.05, 4.69) is 20.9 Å². The first-order valence-electron chi connectivity index (χ1n) is 6.26. The van der Waals surface area contributed by atoms with Crippen molar-refractivity contribution < 1.29 is 9.59 Å². The summed E-state index contributed by atoms with van der Waals surface area (Å²) < 4.78 is 0. The molecule has 3 amide bonds. The largest absolute Gasteiger partial charge is 0.351 e. The second kappa shape index (κ2) is 7.44. The van der Waals surface area contributed by atoms with Crippen LogP contribution in [0.15, 0.2) is 23.6 Å². The number of rotatable bonds is 4. The smallest absolute Gasteiger partial charge is 0.325 e. The van der Waals surface area contributed by atoms with Crippen molar-refractivity contribution >= 4 is 57.3 Å². The van der Waals surface area contributed by atoms with Gasteiger partial charge in [-0.15, -0.1) is 11.3 Å². The maximum Gasteiger partial charge on any atom is 0.325 e. The molecular weight excluding hydrogens is 347 g/mol. The van der Waals surface area contributed by atoms with Crippen LogP contribution in [-0.2, 0) is 0 Å². The summed E-state index contributed by atoms with van der Waals surface area (Å²) in [7, 11) is 0. The number of benzene rings is 1. The zero-order chi connectivity index (χ0) is 16.1. The number of carbonyl (C=O) groups excluding carboxylic acids is 2. The molecule has 22 heavy (non-hydrogen) atoms. The van der Waals surface area contributed by atoms with Crippen molar-refractivity contribution in [2.24, 2.45) is 0 Å². The number of aromatic nitrogens is 1. The van der Waals surface area contributed by atoms with E-state index in [0.717, 1.165) is 11.3 Å². The quantitative estimate of drug-likeness (QED) is 0.776. The Morgan fingerprint density at radius 1 is 1.23 bits per heavy atom. The average Bonchev–Trinajstić information content (AvgIpc) is 2.91. The van der Waals surface area contributed by atoms with Crippen molar-refractivity contribution in [2.75, 3.05) is 17.2 Å². The van der Waals surface area contributed by atoms with Crippen LogP contribution in [0, 0.1) is 0 Å². The number of urea groups is 1. The summed E-state index contributed by atoms with van der Waals surface area (Å²) in [6.07, 6.45) is 0. The van der Waals surface area contributed by atoms with Gasteiger partial charge in [0.15, 0.2) is 5.13 Å². The Bertz CT molecular complexity index is 705. The first-order chi connectivity index (χ1) is 10.5. The lowest BCUT2D eigenvalue weighted by Crippen LogP contribution is -2.23. The highest BCUT2D eigenvalue weighted by molar-refractivity contribution is 7.14. The average molecular weight is 359 g/mol. The molecule has 0 fully saturated rings. The molecule has 0 spiro atoms. The van der Waals surface area contributed by atoms with Crippen LogP contribution in [-0.4, -0.2) is 23.5 Å². The van der Waals surface area contributed by atoms with Crippen LogP contribution in [0.1, 0.15) is 17.4 Å². The van der Waals surface area contributed by atoms with Crippen LogP contribution in [0.2, 0.25) is 10.0 Å². The van der Waals surface area contributed by atoms with Crippen LogP contribution in [0.4, 0.5) is 15.6 Å². The number of thiazole rings is 1. The number of halogens is 2. The number of hydrogen-bond acceptors (Lipinski definition) is 4. The van der Waals surface area contributed by atoms with E-state index in [1.54, 1.807) is 17.5 Å². The lowest BCUT2D eigenvalue weighted by molar-refractivity contribution is 0.0951. The monoisotopic (exact) mass is 358 g/mol. The van der Waals surface area contributed by atoms with E-state index >= 15 is 0 Å². The molecule has 3 N–H and O–H groups in total. The number of anilines is 2. The van der Waals surface area contributed by atoms with Crippen molar-refractivity contribution in [3.05, 3.63) is 39.3 Å². The Labute approximate surface area is 140 Å². The zero-order valence-corrected chi connectivity index (χ0v) is 13.8. The molecule has 0 radical (unpaired) electrons. The highest BCUT2D eigenvalue weighted by atomic mass is 35.5. The van der Waals surface area contributed by atoms with Crippen molar-refractivity contribution in [1.29, 1.82) is 0 Å². The Kier molecular flexibility index (Phi) is 5.59. The minimum atomic E-state index is -0.491. The minimum absolute atomic E-state index is 0.261. The molecule has 0 bridgehead atoms. The number of amides is 3. The maximum absolute atomic E-state index is 11.9. The summed E-state index contributed by atoms with van der Waals surface area (Å²) in [4.78, 5) is 27.5. The van der Waals surface area contributed by atoms with Gasteiger partial charge in [0.05, 0.1) is 10.0 Å². The summed E-state index contributed by atoms with van der Waals surface area (Å²) in [5.41, 5.74) is 0.754. The van der Waals surface area contributed by atoms with Gasteiger partial charge in [0.25, 0.3) is 5.91 Å². The van der Waals surface area contributed by atoms with Crippen LogP contribution in [0.3, 0.4) is 0 Å². The van der Waals surface area contributed by atoms with Crippen molar-refractivity contribution in [3.63, 3.8) is 0 Å². The number of carbonyl (C=O) groups is 2. The summed E-state index contributed by atoms with van der Waals surface area (Å²) in [6.45, 7) is 2.32. The van der Waals surface area contributed by atoms with Gasteiger partial charge in [-0.05, 0) is 25.1 Å². The molecule has 116 valence electrons. The van der Waals surface area contributed by atoms with Gasteiger partial charge in [-0.1, -0.05) is 23.2 Å². The van der Waals surface area contributed by atoms with Gasteiger partial charge in [-0.3, -0.25) is 10.1 Å². The maximum atomic E-state index is 11.9. The first-order valence-corrected chi connectivity index (χ1v) is 7.90. The lowest BCUT2D eigenvalue weighted by atomic mass is 10.3. The van der Waals surface area contributed by atoms with Gasteiger partial charge in [-0.2, -0.15) is 0 Å². The second-order valence-corrected chi connectivity index (χ2v) is 5.78. The number of nitrogens with one attached hydrogen (secondary N) is 3. The lowest BCUT2D eigenvalue weighted by Gasteiger charge is -2.06. The molecule has 2 aromatic rings. The molecule has 0 saturated carbocycles. The standard InChI is InChI=1S/C13H12Cl2N4O2S/c1-2-16-11(20)10-6-22-13(18-10)19-12(21)17-7-3-4-8(14)9(15)5-7/h3-6H,2H2,1H3,(H,16,20)(H2,17,18,19,21). The summed E-state index contributed by atoms with van der Waals surface area (Å²) >= 11 is 12.8. The highest BCUT2D eigenvalue weighted by Crippen LogP contribution is 2.25. The van der Waals surface area contributed by atoms with Gasteiger partial charge in [0.1, 0.15) is 5.69 Å². The highest BCUT2D eigenvalue weighted by Gasteiger charge is 2.12. The first kappa shape index (κ1) is 16.5. The number of hydrogen-bond donors (Lipinski definition) is 3. The van der Waals surface area contributed by atoms with Crippen LogP contribution < -0.4 is 16.0 Å². The Morgan fingerprint density at radius 3 is 2.68 bits per heavy atom. The SMILES string of the molecule is CCNC(=O)c1csc(NC(=O)Nc2ccc(Cl)c(Cl)c2)n1. The third kappa shape index (κ3) is 4.33. The molecule has 0 aliphatic rings. The van der Waals surface area contributed by atoms with Crippen molar-refractivity contribution in [2.45, 2.75) is 6.92 Å². The molecule has 0 aliphatic heterocycles. The second-order valence-electron chi connectivity index (χ2n) is 4.11. The molecule has 1 aromatic heterocycles. The van der Waals surface area contributed by atoms with E-state index in [0.29, 0.717) is 27.4 Å². The molecule has 1 heterocycles. The van der Waals surface area contributed by atoms with E-state index in [9.17, 15) is 9.59 Å². The predicted octanol–water partition coefficient (Wildman–Crippen LogP) is 3.84. The van der Waals surface area contributed by atoms with E-state index < -0.39 is 6.03 Å². The predicted molar refractivity (Wildman–Crippen MR) is 89.2 cm³/mol. The molecule has 0 unspecified atom stereocenters. The van der Waals surface area contributed by atoms with Gasteiger partial charge in [0, 0.05) is 17.6 Å². The van der Waals surface area contributed by atoms with Gasteiger partial charge < -0.3 is 10.6 Å². The fourth-order valence-electron chi connectivity index (χ4n) is 1.52. The van der Waals surface area contributed by atoms with Crippen molar-refractivity contribution in [3.8, 4) is 0 Å². The number of nitrogens with zero attached hydrogens (tertiary/aromatic N) is 1. The van der Waals surface area contributed by atoms with Crippen LogP contribution in [0.25, 0.3) is 0 Å². The van der Waals surface area contributed by atoms with Gasteiger partial charge in [-0.25, -0.2) is 9.78 Å². The fraction of sp³-hybridized carbons (Fsp3) is 0.154. The topological polar surface area (TPSA) is 83.1 Å². The Balaban J connectivity index is 1.97. The summed E-state index contributed by atoms with van der Waals surface area (Å²) in [5.74, 6) is -0.281. The third-order valence-electron chi connectivity index (χ3n) is 2.47. The van der Waals surface area contributed by atoms with Crippen LogP contribution >= 0.6 is 34.5 Å². The van der Waals surface area contributed by atoms with Crippen LogP contribution in [0.5, 0.6) is 0 Å². The Morgan fingerprint density at radius 2 is 2.00 bits per heavy atom. The summed E-state index contributed by atoms with van der Waals surface area (Å²) in [6, 6.07) is 4.24. The molecular formula is C13H12Cl2N4O2S. The molecule has 2 rings (SSSR count). The normalized spacial score (nSPS) is 10.1. The Hall–Kier alpha value is -1.83. The van der Waals surface area contributed by atoms with Gasteiger partial charge in [0.2, 0.25) is 0 Å². The minimum Gasteiger partial charge on any atom is -0.351 e. The summed E-state index contributed by atoms with van der Waals surface area (Å²) in [5, 5.41) is 10.4. The fourth-order valence-corrected chi connectivity index (χ4v) is 2.50.